The highest BCUT2D eigenvalue weighted by molar-refractivity contribution is 7.09. The maximum Gasteiger partial charge on any atom is 0.263 e. The van der Waals surface area contributed by atoms with Crippen LogP contribution in [0.25, 0.3) is 0 Å². The first-order valence-corrected chi connectivity index (χ1v) is 7.68. The molecule has 0 saturated carbocycles. The lowest BCUT2D eigenvalue weighted by atomic mass is 10.2. The molecule has 0 saturated heterocycles. The Morgan fingerprint density at radius 1 is 1.30 bits per heavy atom. The van der Waals surface area contributed by atoms with Crippen molar-refractivity contribution in [2.24, 2.45) is 0 Å². The number of carbonyl (C=O) groups excluding carboxylic acids is 1. The molecule has 2 aromatic rings. The molecule has 1 aromatic heterocycles. The molecule has 1 atom stereocenters. The van der Waals surface area contributed by atoms with Crippen LogP contribution in [0.2, 0.25) is 0 Å². The van der Waals surface area contributed by atoms with Gasteiger partial charge in [0.2, 0.25) is 0 Å². The Labute approximate surface area is 122 Å². The molecule has 0 N–H and O–H groups in total. The quantitative estimate of drug-likeness (QED) is 0.868. The van der Waals surface area contributed by atoms with Gasteiger partial charge in [0, 0.05) is 23.5 Å². The maximum absolute atomic E-state index is 12.4. The molecule has 20 heavy (non-hydrogen) atoms. The van der Waals surface area contributed by atoms with E-state index in [1.165, 1.54) is 4.88 Å². The Hall–Kier alpha value is -1.81. The number of rotatable bonds is 3. The minimum atomic E-state index is -0.415. The van der Waals surface area contributed by atoms with Gasteiger partial charge >= 0.3 is 0 Å². The van der Waals surface area contributed by atoms with Crippen LogP contribution in [0.3, 0.4) is 0 Å². The zero-order valence-electron chi connectivity index (χ0n) is 11.4. The maximum atomic E-state index is 12.4. The van der Waals surface area contributed by atoms with Gasteiger partial charge in [-0.2, -0.15) is 0 Å². The molecule has 1 amide bonds. The number of nitrogens with zero attached hydrogens (tertiary/aromatic N) is 1. The molecule has 0 aliphatic carbocycles. The van der Waals surface area contributed by atoms with Crippen LogP contribution in [0.4, 0.5) is 0 Å². The molecular weight excluding hydrogens is 270 g/mol. The molecule has 4 heteroatoms. The molecule has 3 nitrogen and oxygen atoms in total. The number of thiophene rings is 1. The van der Waals surface area contributed by atoms with Gasteiger partial charge in [-0.1, -0.05) is 24.3 Å². The van der Waals surface area contributed by atoms with Crippen molar-refractivity contribution in [3.63, 3.8) is 0 Å². The fraction of sp³-hybridized carbons (Fsp3) is 0.312. The van der Waals surface area contributed by atoms with E-state index < -0.39 is 6.10 Å². The standard InChI is InChI=1S/C16H17NO2S/c1-12-16(18)17(9-8-14-6-4-10-20-14)11-13-5-2-3-7-15(13)19-12/h2-7,10,12H,8-9,11H2,1H3. The molecule has 0 radical (unpaired) electrons. The molecule has 1 aliphatic heterocycles. The van der Waals surface area contributed by atoms with E-state index in [2.05, 4.69) is 11.4 Å². The number of amides is 1. The summed E-state index contributed by atoms with van der Waals surface area (Å²) >= 11 is 1.74. The predicted octanol–water partition coefficient (Wildman–Crippen LogP) is 3.10. The second-order valence-corrected chi connectivity index (χ2v) is 5.99. The molecule has 1 aliphatic rings. The zero-order chi connectivity index (χ0) is 13.9. The first kappa shape index (κ1) is 13.2. The molecule has 0 bridgehead atoms. The van der Waals surface area contributed by atoms with Crippen LogP contribution in [-0.4, -0.2) is 23.5 Å². The largest absolute Gasteiger partial charge is 0.481 e. The molecule has 2 heterocycles. The first-order chi connectivity index (χ1) is 9.74. The number of ether oxygens (including phenoxy) is 1. The molecule has 0 spiro atoms. The highest BCUT2D eigenvalue weighted by atomic mass is 32.1. The third-order valence-electron chi connectivity index (χ3n) is 3.51. The molecule has 0 fully saturated rings. The third kappa shape index (κ3) is 2.70. The van der Waals surface area contributed by atoms with Gasteiger partial charge in [0.05, 0.1) is 0 Å². The summed E-state index contributed by atoms with van der Waals surface area (Å²) in [7, 11) is 0. The van der Waals surface area contributed by atoms with Gasteiger partial charge in [0.25, 0.3) is 5.91 Å². The number of carbonyl (C=O) groups is 1. The fourth-order valence-electron chi connectivity index (χ4n) is 2.42. The summed E-state index contributed by atoms with van der Waals surface area (Å²) in [5, 5.41) is 2.07. The van der Waals surface area contributed by atoms with E-state index in [1.807, 2.05) is 42.2 Å². The Morgan fingerprint density at radius 2 is 2.15 bits per heavy atom. The van der Waals surface area contributed by atoms with Crippen LogP contribution < -0.4 is 4.74 Å². The van der Waals surface area contributed by atoms with Gasteiger partial charge in [0.15, 0.2) is 6.10 Å². The van der Waals surface area contributed by atoms with Crippen LogP contribution in [0.15, 0.2) is 41.8 Å². The van der Waals surface area contributed by atoms with Crippen molar-refractivity contribution in [1.82, 2.24) is 4.90 Å². The van der Waals surface area contributed by atoms with Crippen molar-refractivity contribution in [3.8, 4) is 5.75 Å². The molecule has 1 unspecified atom stereocenters. The Bertz CT molecular complexity index is 594. The summed E-state index contributed by atoms with van der Waals surface area (Å²) in [6.45, 7) is 3.19. The third-order valence-corrected chi connectivity index (χ3v) is 4.44. The fourth-order valence-corrected chi connectivity index (χ4v) is 3.12. The average molecular weight is 287 g/mol. The summed E-state index contributed by atoms with van der Waals surface area (Å²) in [4.78, 5) is 15.6. The SMILES string of the molecule is CC1Oc2ccccc2CN(CCc2cccs2)C1=O. The van der Waals surface area contributed by atoms with Crippen molar-refractivity contribution in [2.45, 2.75) is 26.0 Å². The molecule has 3 rings (SSSR count). The lowest BCUT2D eigenvalue weighted by molar-refractivity contribution is -0.137. The second-order valence-electron chi connectivity index (χ2n) is 4.96. The Balaban J connectivity index is 1.77. The smallest absolute Gasteiger partial charge is 0.263 e. The van der Waals surface area contributed by atoms with E-state index in [1.54, 1.807) is 11.3 Å². The lowest BCUT2D eigenvalue weighted by Gasteiger charge is -2.21. The summed E-state index contributed by atoms with van der Waals surface area (Å²) in [6, 6.07) is 12.0. The Kier molecular flexibility index (Phi) is 3.74. The van der Waals surface area contributed by atoms with Crippen LogP contribution in [-0.2, 0) is 17.8 Å². The number of para-hydroxylation sites is 1. The predicted molar refractivity (Wildman–Crippen MR) is 80.0 cm³/mol. The summed E-state index contributed by atoms with van der Waals surface area (Å²) in [5.41, 5.74) is 1.08. The van der Waals surface area contributed by atoms with Crippen LogP contribution in [0.1, 0.15) is 17.4 Å². The van der Waals surface area contributed by atoms with Gasteiger partial charge in [-0.3, -0.25) is 4.79 Å². The Morgan fingerprint density at radius 3 is 2.95 bits per heavy atom. The number of benzene rings is 1. The van der Waals surface area contributed by atoms with E-state index in [-0.39, 0.29) is 5.91 Å². The van der Waals surface area contributed by atoms with Gasteiger partial charge < -0.3 is 9.64 Å². The second kappa shape index (κ2) is 5.67. The van der Waals surface area contributed by atoms with E-state index >= 15 is 0 Å². The molecular formula is C16H17NO2S. The van der Waals surface area contributed by atoms with Crippen molar-refractivity contribution in [1.29, 1.82) is 0 Å². The first-order valence-electron chi connectivity index (χ1n) is 6.80. The number of hydrogen-bond donors (Lipinski definition) is 0. The minimum Gasteiger partial charge on any atom is -0.481 e. The van der Waals surface area contributed by atoms with Crippen LogP contribution >= 0.6 is 11.3 Å². The van der Waals surface area contributed by atoms with E-state index in [9.17, 15) is 4.79 Å². The molecule has 104 valence electrons. The van der Waals surface area contributed by atoms with Crippen LogP contribution in [0, 0.1) is 0 Å². The summed E-state index contributed by atoms with van der Waals surface area (Å²) in [6.07, 6.45) is 0.486. The van der Waals surface area contributed by atoms with E-state index in [0.717, 1.165) is 24.3 Å². The van der Waals surface area contributed by atoms with Crippen LogP contribution in [0.5, 0.6) is 5.75 Å². The van der Waals surface area contributed by atoms with E-state index in [0.29, 0.717) is 6.54 Å². The monoisotopic (exact) mass is 287 g/mol. The molecule has 1 aromatic carbocycles. The zero-order valence-corrected chi connectivity index (χ0v) is 12.2. The average Bonchev–Trinajstić information content (AvgIpc) is 2.93. The van der Waals surface area contributed by atoms with Gasteiger partial charge in [-0.15, -0.1) is 11.3 Å². The topological polar surface area (TPSA) is 29.5 Å². The van der Waals surface area contributed by atoms with Gasteiger partial charge in [-0.25, -0.2) is 0 Å². The summed E-state index contributed by atoms with van der Waals surface area (Å²) in [5.74, 6) is 0.893. The number of hydrogen-bond acceptors (Lipinski definition) is 3. The van der Waals surface area contributed by atoms with Crippen molar-refractivity contribution in [3.05, 3.63) is 52.2 Å². The highest BCUT2D eigenvalue weighted by Gasteiger charge is 2.27. The van der Waals surface area contributed by atoms with Crippen molar-refractivity contribution < 1.29 is 9.53 Å². The van der Waals surface area contributed by atoms with E-state index in [4.69, 9.17) is 4.74 Å². The van der Waals surface area contributed by atoms with Crippen molar-refractivity contribution >= 4 is 17.2 Å². The van der Waals surface area contributed by atoms with Crippen molar-refractivity contribution in [2.75, 3.05) is 6.54 Å². The number of fused-ring (bicyclic) bond motifs is 1. The normalized spacial score (nSPS) is 18.4. The van der Waals surface area contributed by atoms with Gasteiger partial charge in [0.1, 0.15) is 5.75 Å². The highest BCUT2D eigenvalue weighted by Crippen LogP contribution is 2.25. The minimum absolute atomic E-state index is 0.0674. The lowest BCUT2D eigenvalue weighted by Crippen LogP contribution is -2.39. The van der Waals surface area contributed by atoms with Gasteiger partial charge in [-0.05, 0) is 30.9 Å². The summed E-state index contributed by atoms with van der Waals surface area (Å²) < 4.78 is 5.75.